The summed E-state index contributed by atoms with van der Waals surface area (Å²) in [5.41, 5.74) is 2.92. The number of hydrazone groups is 1. The molecule has 0 radical (unpaired) electrons. The van der Waals surface area contributed by atoms with Crippen molar-refractivity contribution in [1.29, 1.82) is 0 Å². The minimum atomic E-state index is -3.72. The zero-order valence-corrected chi connectivity index (χ0v) is 19.9. The van der Waals surface area contributed by atoms with Crippen LogP contribution < -0.4 is 4.72 Å². The van der Waals surface area contributed by atoms with Crippen LogP contribution in [-0.4, -0.2) is 55.1 Å². The first-order valence-corrected chi connectivity index (χ1v) is 12.8. The Labute approximate surface area is 195 Å². The largest absolute Gasteiger partial charge is 0.303 e. The van der Waals surface area contributed by atoms with E-state index in [1.54, 1.807) is 5.01 Å². The number of rotatable bonds is 7. The van der Waals surface area contributed by atoms with Gasteiger partial charge in [0.15, 0.2) is 0 Å². The number of halogens is 1. The molecular formula is C23H28ClN5O2S. The van der Waals surface area contributed by atoms with Gasteiger partial charge in [-0.1, -0.05) is 67.9 Å². The summed E-state index contributed by atoms with van der Waals surface area (Å²) in [6, 6.07) is 17.8. The van der Waals surface area contributed by atoms with E-state index in [1.807, 2.05) is 56.3 Å². The molecule has 0 spiro atoms. The van der Waals surface area contributed by atoms with Crippen molar-refractivity contribution in [2.75, 3.05) is 19.6 Å². The summed E-state index contributed by atoms with van der Waals surface area (Å²) in [6.45, 7) is 4.90. The summed E-state index contributed by atoms with van der Waals surface area (Å²) in [5, 5.41) is 7.20. The number of guanidine groups is 1. The van der Waals surface area contributed by atoms with Gasteiger partial charge in [-0.25, -0.2) is 14.7 Å². The summed E-state index contributed by atoms with van der Waals surface area (Å²) in [7, 11) is -3.72. The van der Waals surface area contributed by atoms with E-state index in [4.69, 9.17) is 16.7 Å². The van der Waals surface area contributed by atoms with E-state index in [0.717, 1.165) is 29.7 Å². The van der Waals surface area contributed by atoms with Gasteiger partial charge in [0.05, 0.1) is 18.3 Å². The molecule has 1 aliphatic heterocycles. The SMILES string of the molecule is CCN(CC)S(=O)(=O)NC(=NC1CC1)N1CC(c2ccccc2)C(c2ccc(Cl)cc2)=N1. The highest BCUT2D eigenvalue weighted by Crippen LogP contribution is 2.31. The summed E-state index contributed by atoms with van der Waals surface area (Å²) < 4.78 is 30.0. The zero-order valence-electron chi connectivity index (χ0n) is 18.3. The third-order valence-electron chi connectivity index (χ3n) is 5.62. The van der Waals surface area contributed by atoms with Crippen molar-refractivity contribution >= 4 is 33.5 Å². The Bertz CT molecular complexity index is 1090. The van der Waals surface area contributed by atoms with Gasteiger partial charge in [0.2, 0.25) is 5.96 Å². The number of benzene rings is 2. The first-order chi connectivity index (χ1) is 15.4. The lowest BCUT2D eigenvalue weighted by Crippen LogP contribution is -2.48. The van der Waals surface area contributed by atoms with E-state index < -0.39 is 10.2 Å². The molecule has 1 saturated carbocycles. The number of aliphatic imine (C=N–C) groups is 1. The van der Waals surface area contributed by atoms with Crippen LogP contribution in [-0.2, 0) is 10.2 Å². The second-order valence-electron chi connectivity index (χ2n) is 7.91. The van der Waals surface area contributed by atoms with Gasteiger partial charge >= 0.3 is 10.2 Å². The highest BCUT2D eigenvalue weighted by atomic mass is 35.5. The number of nitrogens with zero attached hydrogens (tertiary/aromatic N) is 4. The summed E-state index contributed by atoms with van der Waals surface area (Å²) >= 11 is 6.09. The maximum Gasteiger partial charge on any atom is 0.303 e. The predicted octanol–water partition coefficient (Wildman–Crippen LogP) is 3.84. The fraction of sp³-hybridized carbons (Fsp3) is 0.391. The Hall–Kier alpha value is -2.42. The lowest BCUT2D eigenvalue weighted by Gasteiger charge is -2.24. The minimum Gasteiger partial charge on any atom is -0.247 e. The number of nitrogens with one attached hydrogen (secondary N) is 1. The maximum atomic E-state index is 12.9. The van der Waals surface area contributed by atoms with E-state index in [0.29, 0.717) is 24.7 Å². The van der Waals surface area contributed by atoms with Crippen molar-refractivity contribution in [1.82, 2.24) is 14.0 Å². The average molecular weight is 474 g/mol. The lowest BCUT2D eigenvalue weighted by molar-refractivity contribution is 0.429. The maximum absolute atomic E-state index is 12.9. The van der Waals surface area contributed by atoms with Gasteiger partial charge < -0.3 is 0 Å². The fourth-order valence-corrected chi connectivity index (χ4v) is 5.05. The monoisotopic (exact) mass is 473 g/mol. The van der Waals surface area contributed by atoms with Crippen LogP contribution in [0, 0.1) is 0 Å². The second-order valence-corrected chi connectivity index (χ2v) is 10.0. The van der Waals surface area contributed by atoms with Gasteiger partial charge in [0.1, 0.15) is 0 Å². The lowest BCUT2D eigenvalue weighted by atomic mass is 9.91. The van der Waals surface area contributed by atoms with E-state index in [9.17, 15) is 8.42 Å². The van der Waals surface area contributed by atoms with Crippen molar-refractivity contribution in [3.63, 3.8) is 0 Å². The molecule has 1 fully saturated rings. The van der Waals surface area contributed by atoms with E-state index >= 15 is 0 Å². The molecule has 170 valence electrons. The molecule has 32 heavy (non-hydrogen) atoms. The molecule has 2 aliphatic rings. The quantitative estimate of drug-likeness (QED) is 0.490. The van der Waals surface area contributed by atoms with Crippen LogP contribution in [0.25, 0.3) is 0 Å². The molecule has 0 aromatic heterocycles. The van der Waals surface area contributed by atoms with Gasteiger partial charge in [-0.05, 0) is 36.1 Å². The van der Waals surface area contributed by atoms with Crippen LogP contribution in [0.5, 0.6) is 0 Å². The van der Waals surface area contributed by atoms with Crippen molar-refractivity contribution in [2.24, 2.45) is 10.1 Å². The first kappa shape index (κ1) is 22.8. The third kappa shape index (κ3) is 5.14. The van der Waals surface area contributed by atoms with Gasteiger partial charge in [-0.2, -0.15) is 17.8 Å². The van der Waals surface area contributed by atoms with Crippen LogP contribution in [0.2, 0.25) is 5.02 Å². The van der Waals surface area contributed by atoms with Gasteiger partial charge in [-0.15, -0.1) is 0 Å². The molecule has 2 aromatic rings. The molecule has 7 nitrogen and oxygen atoms in total. The Morgan fingerprint density at radius 1 is 1.12 bits per heavy atom. The first-order valence-electron chi connectivity index (χ1n) is 10.9. The van der Waals surface area contributed by atoms with Gasteiger partial charge in [0.25, 0.3) is 0 Å². The molecule has 1 atom stereocenters. The highest BCUT2D eigenvalue weighted by Gasteiger charge is 2.35. The van der Waals surface area contributed by atoms with E-state index in [1.165, 1.54) is 4.31 Å². The van der Waals surface area contributed by atoms with Crippen molar-refractivity contribution in [2.45, 2.75) is 38.6 Å². The Morgan fingerprint density at radius 3 is 2.38 bits per heavy atom. The highest BCUT2D eigenvalue weighted by molar-refractivity contribution is 7.87. The minimum absolute atomic E-state index is 0.0280. The van der Waals surface area contributed by atoms with E-state index in [2.05, 4.69) is 21.8 Å². The second kappa shape index (κ2) is 9.60. The molecule has 1 aliphatic carbocycles. The third-order valence-corrected chi connectivity index (χ3v) is 7.51. The van der Waals surface area contributed by atoms with Crippen LogP contribution in [0.15, 0.2) is 64.7 Å². The zero-order chi connectivity index (χ0) is 22.7. The van der Waals surface area contributed by atoms with Gasteiger partial charge in [-0.3, -0.25) is 0 Å². The van der Waals surface area contributed by atoms with Crippen LogP contribution in [0.1, 0.15) is 43.7 Å². The molecule has 2 aromatic carbocycles. The normalized spacial score (nSPS) is 19.4. The molecule has 4 rings (SSSR count). The topological polar surface area (TPSA) is 77.4 Å². The standard InChI is InChI=1S/C23H28ClN5O2S/c1-3-28(4-2)32(30,31)27-23(25-20-14-15-20)29-16-21(17-8-6-5-7-9-17)22(26-29)18-10-12-19(24)13-11-18/h5-13,20-21H,3-4,14-16H2,1-2H3,(H,25,27). The van der Waals surface area contributed by atoms with Crippen LogP contribution >= 0.6 is 11.6 Å². The van der Waals surface area contributed by atoms with Crippen molar-refractivity contribution in [3.05, 3.63) is 70.7 Å². The van der Waals surface area contributed by atoms with Gasteiger partial charge in [0, 0.05) is 24.0 Å². The molecule has 1 unspecified atom stereocenters. The van der Waals surface area contributed by atoms with Crippen LogP contribution in [0.4, 0.5) is 0 Å². The Morgan fingerprint density at radius 2 is 1.78 bits per heavy atom. The van der Waals surface area contributed by atoms with Crippen molar-refractivity contribution in [3.8, 4) is 0 Å². The molecule has 0 amide bonds. The Balaban J connectivity index is 1.70. The summed E-state index contributed by atoms with van der Waals surface area (Å²) in [5.74, 6) is 0.254. The molecule has 1 N–H and O–H groups in total. The van der Waals surface area contributed by atoms with E-state index in [-0.39, 0.29) is 17.9 Å². The average Bonchev–Trinajstić information content (AvgIpc) is 3.49. The Kier molecular flexibility index (Phi) is 6.83. The molecular weight excluding hydrogens is 446 g/mol. The molecule has 1 heterocycles. The number of hydrogen-bond acceptors (Lipinski definition) is 4. The fourth-order valence-electron chi connectivity index (χ4n) is 3.73. The molecule has 0 saturated heterocycles. The predicted molar refractivity (Wildman–Crippen MR) is 129 cm³/mol. The summed E-state index contributed by atoms with van der Waals surface area (Å²) in [4.78, 5) is 4.67. The summed E-state index contributed by atoms with van der Waals surface area (Å²) in [6.07, 6.45) is 1.92. The molecule has 9 heteroatoms. The van der Waals surface area contributed by atoms with Crippen molar-refractivity contribution < 1.29 is 8.42 Å². The van der Waals surface area contributed by atoms with Crippen LogP contribution in [0.3, 0.4) is 0 Å². The number of hydrogen-bond donors (Lipinski definition) is 1. The molecule has 0 bridgehead atoms. The smallest absolute Gasteiger partial charge is 0.247 e.